The van der Waals surface area contributed by atoms with E-state index in [1.165, 1.54) is 0 Å². The maximum Gasteiger partial charge on any atom is 0.392 e. The van der Waals surface area contributed by atoms with Crippen LogP contribution in [0, 0.1) is 12.3 Å². The van der Waals surface area contributed by atoms with Gasteiger partial charge in [0.25, 0.3) is 0 Å². The average molecular weight is 147 g/mol. The molecule has 0 saturated heterocycles. The Morgan fingerprint density at radius 3 is 2.56 bits per heavy atom. The zero-order chi connectivity index (χ0) is 7.28. The quantitative estimate of drug-likeness (QED) is 0.237. The number of esters is 1. The van der Waals surface area contributed by atoms with Crippen LogP contribution in [0.2, 0.25) is 0 Å². The average Bonchev–Trinajstić information content (AvgIpc) is 1.82. The minimum absolute atomic E-state index is 0.225. The van der Waals surface area contributed by atoms with Gasteiger partial charge in [-0.15, -0.1) is 6.42 Å². The monoisotopic (exact) mass is 146 g/mol. The summed E-state index contributed by atoms with van der Waals surface area (Å²) in [6.07, 6.45) is 4.70. The highest BCUT2D eigenvalue weighted by Crippen LogP contribution is 1.83. The van der Waals surface area contributed by atoms with Crippen molar-refractivity contribution in [3.8, 4) is 12.3 Å². The van der Waals surface area contributed by atoms with Crippen LogP contribution in [-0.4, -0.2) is 17.8 Å². The van der Waals surface area contributed by atoms with Crippen molar-refractivity contribution in [3.63, 3.8) is 0 Å². The molecule has 9 heavy (non-hydrogen) atoms. The zero-order valence-corrected chi connectivity index (χ0v) is 5.14. The van der Waals surface area contributed by atoms with Crippen molar-refractivity contribution >= 4 is 22.8 Å². The summed E-state index contributed by atoms with van der Waals surface area (Å²) in [7, 11) is 0. The number of ether oxygens (including phenoxy) is 1. The number of hydrogen-bond donors (Lipinski definition) is 0. The van der Waals surface area contributed by atoms with Gasteiger partial charge in [-0.1, -0.05) is 5.92 Å². The van der Waals surface area contributed by atoms with Crippen molar-refractivity contribution in [2.24, 2.45) is 0 Å². The molecule has 0 heterocycles. The van der Waals surface area contributed by atoms with Gasteiger partial charge in [0.2, 0.25) is 0 Å². The SMILES string of the molecule is C#CCOC(=O)C(=O)Cl. The van der Waals surface area contributed by atoms with Gasteiger partial charge in [-0.25, -0.2) is 4.79 Å². The second-order valence-electron chi connectivity index (χ2n) is 1.05. The van der Waals surface area contributed by atoms with E-state index in [0.717, 1.165) is 0 Å². The second-order valence-corrected chi connectivity index (χ2v) is 1.40. The first-order valence-corrected chi connectivity index (χ1v) is 2.36. The van der Waals surface area contributed by atoms with E-state index in [2.05, 4.69) is 16.3 Å². The van der Waals surface area contributed by atoms with Gasteiger partial charge in [0.05, 0.1) is 0 Å². The molecule has 0 amide bonds. The van der Waals surface area contributed by atoms with Crippen LogP contribution in [0.3, 0.4) is 0 Å². The third-order valence-corrected chi connectivity index (χ3v) is 0.601. The predicted molar refractivity (Wildman–Crippen MR) is 30.7 cm³/mol. The van der Waals surface area contributed by atoms with Gasteiger partial charge < -0.3 is 4.74 Å². The first-order chi connectivity index (χ1) is 4.18. The lowest BCUT2D eigenvalue weighted by molar-refractivity contribution is -0.149. The lowest BCUT2D eigenvalue weighted by atomic mass is 10.7. The minimum Gasteiger partial charge on any atom is -0.446 e. The maximum atomic E-state index is 10.1. The third kappa shape index (κ3) is 3.56. The fourth-order valence-corrected chi connectivity index (χ4v) is 0.219. The Bertz CT molecular complexity index is 168. The van der Waals surface area contributed by atoms with Crippen LogP contribution < -0.4 is 0 Å². The van der Waals surface area contributed by atoms with Crippen molar-refractivity contribution in [3.05, 3.63) is 0 Å². The molecular weight excluding hydrogens is 144 g/mol. The van der Waals surface area contributed by atoms with Crippen LogP contribution in [0.25, 0.3) is 0 Å². The fourth-order valence-electron chi connectivity index (χ4n) is 0.164. The largest absolute Gasteiger partial charge is 0.446 e. The molecule has 0 spiro atoms. The van der Waals surface area contributed by atoms with Gasteiger partial charge in [0.1, 0.15) is 0 Å². The van der Waals surface area contributed by atoms with E-state index < -0.39 is 11.2 Å². The van der Waals surface area contributed by atoms with E-state index in [4.69, 9.17) is 6.42 Å². The molecule has 0 N–H and O–H groups in total. The van der Waals surface area contributed by atoms with Gasteiger partial charge in [-0.3, -0.25) is 4.79 Å². The Morgan fingerprint density at radius 2 is 2.22 bits per heavy atom. The number of halogens is 1. The fraction of sp³-hybridized carbons (Fsp3) is 0.200. The van der Waals surface area contributed by atoms with E-state index >= 15 is 0 Å². The molecule has 4 heteroatoms. The lowest BCUT2D eigenvalue weighted by Gasteiger charge is -1.91. The summed E-state index contributed by atoms with van der Waals surface area (Å²) in [6.45, 7) is -0.225. The van der Waals surface area contributed by atoms with Gasteiger partial charge in [0.15, 0.2) is 6.61 Å². The Balaban J connectivity index is 3.55. The Labute approximate surface area is 56.9 Å². The summed E-state index contributed by atoms with van der Waals surface area (Å²) in [4.78, 5) is 20.0. The molecule has 48 valence electrons. The molecule has 0 aliphatic rings. The molecular formula is C5H3ClO3. The molecule has 0 bridgehead atoms. The number of rotatable bonds is 2. The Kier molecular flexibility index (Phi) is 3.49. The number of terminal acetylenes is 1. The predicted octanol–water partition coefficient (Wildman–Crippen LogP) is -0.0718. The highest BCUT2D eigenvalue weighted by atomic mass is 35.5. The summed E-state index contributed by atoms with van der Waals surface area (Å²) in [5.41, 5.74) is 0. The molecule has 0 atom stereocenters. The van der Waals surface area contributed by atoms with Crippen molar-refractivity contribution in [2.45, 2.75) is 0 Å². The van der Waals surface area contributed by atoms with E-state index in [1.807, 2.05) is 5.92 Å². The normalized spacial score (nSPS) is 7.56. The topological polar surface area (TPSA) is 43.4 Å². The molecule has 0 aromatic rings. The molecule has 0 unspecified atom stereocenters. The molecule has 0 aliphatic heterocycles. The summed E-state index contributed by atoms with van der Waals surface area (Å²) >= 11 is 4.68. The van der Waals surface area contributed by atoms with Crippen molar-refractivity contribution in [1.29, 1.82) is 0 Å². The molecule has 0 rings (SSSR count). The molecule has 0 aromatic carbocycles. The van der Waals surface area contributed by atoms with Crippen LogP contribution in [0.4, 0.5) is 0 Å². The molecule has 0 aliphatic carbocycles. The van der Waals surface area contributed by atoms with Crippen molar-refractivity contribution in [1.82, 2.24) is 0 Å². The molecule has 0 fully saturated rings. The first kappa shape index (κ1) is 7.99. The zero-order valence-electron chi connectivity index (χ0n) is 4.39. The Morgan fingerprint density at radius 1 is 1.67 bits per heavy atom. The van der Waals surface area contributed by atoms with E-state index in [0.29, 0.717) is 0 Å². The second kappa shape index (κ2) is 3.93. The van der Waals surface area contributed by atoms with Gasteiger partial charge >= 0.3 is 11.2 Å². The number of carbonyl (C=O) groups is 2. The van der Waals surface area contributed by atoms with Crippen LogP contribution in [0.1, 0.15) is 0 Å². The van der Waals surface area contributed by atoms with Crippen LogP contribution in [-0.2, 0) is 14.3 Å². The number of hydrogen-bond acceptors (Lipinski definition) is 3. The lowest BCUT2D eigenvalue weighted by Crippen LogP contribution is -2.11. The first-order valence-electron chi connectivity index (χ1n) is 1.98. The van der Waals surface area contributed by atoms with Crippen LogP contribution in [0.5, 0.6) is 0 Å². The highest BCUT2D eigenvalue weighted by molar-refractivity contribution is 6.80. The van der Waals surface area contributed by atoms with Crippen molar-refractivity contribution in [2.75, 3.05) is 6.61 Å². The summed E-state index contributed by atoms with van der Waals surface area (Å²) in [5.74, 6) is 0.883. The van der Waals surface area contributed by atoms with Crippen LogP contribution in [0.15, 0.2) is 0 Å². The molecule has 0 radical (unpaired) electrons. The van der Waals surface area contributed by atoms with Crippen LogP contribution >= 0.6 is 11.6 Å². The molecule has 0 aromatic heterocycles. The summed E-state index contributed by atoms with van der Waals surface area (Å²) < 4.78 is 4.10. The standard InChI is InChI=1S/C5H3ClO3/c1-2-3-9-5(8)4(6)7/h1H,3H2. The Hall–Kier alpha value is -1.01. The summed E-state index contributed by atoms with van der Waals surface area (Å²) in [5, 5.41) is -1.16. The van der Waals surface area contributed by atoms with E-state index in [1.54, 1.807) is 0 Å². The van der Waals surface area contributed by atoms with Gasteiger partial charge in [0, 0.05) is 0 Å². The molecule has 3 nitrogen and oxygen atoms in total. The van der Waals surface area contributed by atoms with E-state index in [-0.39, 0.29) is 6.61 Å². The van der Waals surface area contributed by atoms with E-state index in [9.17, 15) is 9.59 Å². The van der Waals surface area contributed by atoms with Gasteiger partial charge in [-0.05, 0) is 11.6 Å². The smallest absolute Gasteiger partial charge is 0.392 e. The maximum absolute atomic E-state index is 10.1. The third-order valence-electron chi connectivity index (χ3n) is 0.447. The minimum atomic E-state index is -1.16. The van der Waals surface area contributed by atoms with Crippen molar-refractivity contribution < 1.29 is 14.3 Å². The highest BCUT2D eigenvalue weighted by Gasteiger charge is 2.09. The van der Waals surface area contributed by atoms with Gasteiger partial charge in [-0.2, -0.15) is 0 Å². The number of carbonyl (C=O) groups excluding carboxylic acids is 2. The summed E-state index contributed by atoms with van der Waals surface area (Å²) in [6, 6.07) is 0. The molecule has 0 saturated carbocycles.